The number of anilines is 1. The number of carbonyl (C=O) groups excluding carboxylic acids is 2. The number of nitrogens with zero attached hydrogens (tertiary/aromatic N) is 1. The highest BCUT2D eigenvalue weighted by molar-refractivity contribution is 9.10. The predicted molar refractivity (Wildman–Crippen MR) is 167 cm³/mol. The Morgan fingerprint density at radius 1 is 0.976 bits per heavy atom. The molecule has 0 aromatic heterocycles. The minimum atomic E-state index is -3.73. The highest BCUT2D eigenvalue weighted by Crippen LogP contribution is 2.36. The van der Waals surface area contributed by atoms with Crippen molar-refractivity contribution in [3.63, 3.8) is 0 Å². The molecule has 0 radical (unpaired) electrons. The maximum Gasteiger partial charge on any atom is 0.252 e. The third kappa shape index (κ3) is 8.23. The number of carbonyl (C=O) groups is 2. The predicted octanol–water partition coefficient (Wildman–Crippen LogP) is 5.46. The number of benzene rings is 3. The summed E-state index contributed by atoms with van der Waals surface area (Å²) >= 11 is 15.6. The molecule has 0 aliphatic carbocycles. The number of likely N-dealkylation sites (tertiary alicyclic amines) is 1. The van der Waals surface area contributed by atoms with Crippen molar-refractivity contribution in [1.82, 2.24) is 10.2 Å². The van der Waals surface area contributed by atoms with Gasteiger partial charge in [-0.15, -0.1) is 0 Å². The quantitative estimate of drug-likeness (QED) is 0.248. The second-order valence-corrected chi connectivity index (χ2v) is 14.1. The van der Waals surface area contributed by atoms with Gasteiger partial charge in [0.25, 0.3) is 5.91 Å². The van der Waals surface area contributed by atoms with Crippen LogP contribution in [0.15, 0.2) is 71.2 Å². The zero-order valence-electron chi connectivity index (χ0n) is 22.5. The smallest absolute Gasteiger partial charge is 0.252 e. The third-order valence-electron chi connectivity index (χ3n) is 6.87. The van der Waals surface area contributed by atoms with E-state index >= 15 is 0 Å². The summed E-state index contributed by atoms with van der Waals surface area (Å²) < 4.78 is 29.3. The van der Waals surface area contributed by atoms with Crippen LogP contribution in [0, 0.1) is 11.8 Å². The molecule has 3 aromatic rings. The molecular formula is C29H31BrCl2N4O4S. The molecule has 4 N–H and O–H groups in total. The number of hydrogen-bond donors (Lipinski definition) is 3. The van der Waals surface area contributed by atoms with E-state index in [1.807, 2.05) is 48.5 Å². The van der Waals surface area contributed by atoms with E-state index in [-0.39, 0.29) is 34.9 Å². The Kier molecular flexibility index (Phi) is 10.0. The number of sulfonamides is 1. The standard InChI is InChI=1S/C29H31BrCl2N4O4S/c1-17(2)26(28(33)37)34-29(38)21-11-22(30)13-25(12-21)35-41(39,40)16-18-14-36(15-18)27(19-3-7-23(31)8-4-19)20-5-9-24(32)10-6-20/h3-13,17-18,26-27,35H,14-16H2,1-2H3,(H2,33,37)(H,34,38)/t26-/m0/s1. The molecule has 1 atom stereocenters. The highest BCUT2D eigenvalue weighted by atomic mass is 79.9. The number of halogens is 3. The van der Waals surface area contributed by atoms with Gasteiger partial charge in [0.2, 0.25) is 15.9 Å². The van der Waals surface area contributed by atoms with Crippen molar-refractivity contribution in [2.24, 2.45) is 17.6 Å². The van der Waals surface area contributed by atoms with E-state index in [1.165, 1.54) is 6.07 Å². The number of rotatable bonds is 11. The molecule has 41 heavy (non-hydrogen) atoms. The van der Waals surface area contributed by atoms with Gasteiger partial charge in [0.05, 0.1) is 17.5 Å². The van der Waals surface area contributed by atoms with Crippen LogP contribution < -0.4 is 15.8 Å². The van der Waals surface area contributed by atoms with Crippen molar-refractivity contribution in [3.05, 3.63) is 97.9 Å². The molecule has 0 saturated carbocycles. The van der Waals surface area contributed by atoms with Crippen LogP contribution in [0.5, 0.6) is 0 Å². The molecule has 1 aliphatic rings. The lowest BCUT2D eigenvalue weighted by Crippen LogP contribution is -2.51. The van der Waals surface area contributed by atoms with Crippen LogP contribution in [0.2, 0.25) is 10.0 Å². The first-order valence-corrected chi connectivity index (χ1v) is 16.2. The fourth-order valence-corrected chi connectivity index (χ4v) is 7.07. The molecular weight excluding hydrogens is 651 g/mol. The van der Waals surface area contributed by atoms with Crippen LogP contribution in [-0.2, 0) is 14.8 Å². The van der Waals surface area contributed by atoms with E-state index in [9.17, 15) is 18.0 Å². The van der Waals surface area contributed by atoms with Crippen LogP contribution in [0.1, 0.15) is 41.4 Å². The first-order chi connectivity index (χ1) is 19.3. The largest absolute Gasteiger partial charge is 0.368 e. The van der Waals surface area contributed by atoms with Crippen molar-refractivity contribution in [2.45, 2.75) is 25.9 Å². The van der Waals surface area contributed by atoms with E-state index in [2.05, 4.69) is 30.9 Å². The number of nitrogens with two attached hydrogens (primary N) is 1. The van der Waals surface area contributed by atoms with E-state index in [0.29, 0.717) is 27.6 Å². The summed E-state index contributed by atoms with van der Waals surface area (Å²) in [6.45, 7) is 4.69. The fraction of sp³-hybridized carbons (Fsp3) is 0.310. The topological polar surface area (TPSA) is 122 Å². The Hall–Kier alpha value is -2.63. The molecule has 1 aliphatic heterocycles. The molecule has 0 unspecified atom stereocenters. The average Bonchev–Trinajstić information content (AvgIpc) is 2.86. The Morgan fingerprint density at radius 3 is 2.00 bits per heavy atom. The van der Waals surface area contributed by atoms with E-state index in [0.717, 1.165) is 11.1 Å². The second-order valence-electron chi connectivity index (χ2n) is 10.5. The normalized spacial score (nSPS) is 15.0. The van der Waals surface area contributed by atoms with Gasteiger partial charge in [0.1, 0.15) is 6.04 Å². The van der Waals surface area contributed by atoms with Gasteiger partial charge < -0.3 is 11.1 Å². The number of amides is 2. The number of nitrogens with one attached hydrogen (secondary N) is 2. The van der Waals surface area contributed by atoms with Crippen LogP contribution in [0.4, 0.5) is 5.69 Å². The van der Waals surface area contributed by atoms with E-state index in [1.54, 1.807) is 26.0 Å². The molecule has 0 bridgehead atoms. The fourth-order valence-electron chi connectivity index (χ4n) is 4.93. The molecule has 4 rings (SSSR count). The Bertz CT molecular complexity index is 1470. The molecule has 3 aromatic carbocycles. The van der Waals surface area contributed by atoms with Gasteiger partial charge in [0, 0.05) is 39.1 Å². The SMILES string of the molecule is CC(C)[C@H](NC(=O)c1cc(Br)cc(NS(=O)(=O)CC2CN(C(c3ccc(Cl)cc3)c3ccc(Cl)cc3)C2)c1)C(N)=O. The zero-order chi connectivity index (χ0) is 29.9. The molecule has 2 amide bonds. The lowest BCUT2D eigenvalue weighted by molar-refractivity contribution is -0.120. The van der Waals surface area contributed by atoms with Gasteiger partial charge in [-0.2, -0.15) is 0 Å². The van der Waals surface area contributed by atoms with Gasteiger partial charge in [-0.1, -0.05) is 77.2 Å². The zero-order valence-corrected chi connectivity index (χ0v) is 26.4. The first kappa shape index (κ1) is 31.3. The lowest BCUT2D eigenvalue weighted by atomic mass is 9.91. The van der Waals surface area contributed by atoms with Crippen LogP contribution in [0.3, 0.4) is 0 Å². The van der Waals surface area contributed by atoms with Crippen molar-refractivity contribution in [2.75, 3.05) is 23.6 Å². The molecule has 12 heteroatoms. The van der Waals surface area contributed by atoms with Gasteiger partial charge in [0.15, 0.2) is 0 Å². The Labute approximate surface area is 258 Å². The Balaban J connectivity index is 1.43. The summed E-state index contributed by atoms with van der Waals surface area (Å²) in [5, 5.41) is 3.90. The van der Waals surface area contributed by atoms with Crippen molar-refractivity contribution in [1.29, 1.82) is 0 Å². The minimum absolute atomic E-state index is 0.0716. The molecule has 8 nitrogen and oxygen atoms in total. The summed E-state index contributed by atoms with van der Waals surface area (Å²) in [5.74, 6) is -1.56. The first-order valence-electron chi connectivity index (χ1n) is 13.0. The van der Waals surface area contributed by atoms with Crippen molar-refractivity contribution in [3.8, 4) is 0 Å². The van der Waals surface area contributed by atoms with Gasteiger partial charge in [-0.05, 0) is 59.5 Å². The van der Waals surface area contributed by atoms with E-state index in [4.69, 9.17) is 28.9 Å². The van der Waals surface area contributed by atoms with Crippen LogP contribution in [0.25, 0.3) is 0 Å². The summed E-state index contributed by atoms with van der Waals surface area (Å²) in [4.78, 5) is 26.7. The lowest BCUT2D eigenvalue weighted by Gasteiger charge is -2.44. The van der Waals surface area contributed by atoms with Crippen LogP contribution in [-0.4, -0.2) is 50.0 Å². The third-order valence-corrected chi connectivity index (χ3v) is 9.29. The maximum absolute atomic E-state index is 13.1. The van der Waals surface area contributed by atoms with Crippen molar-refractivity contribution >= 4 is 66.7 Å². The molecule has 1 heterocycles. The van der Waals surface area contributed by atoms with Gasteiger partial charge >= 0.3 is 0 Å². The highest BCUT2D eigenvalue weighted by Gasteiger charge is 2.36. The molecule has 1 saturated heterocycles. The monoisotopic (exact) mass is 680 g/mol. The Morgan fingerprint density at radius 2 is 1.51 bits per heavy atom. The van der Waals surface area contributed by atoms with Crippen molar-refractivity contribution < 1.29 is 18.0 Å². The molecule has 0 spiro atoms. The van der Waals surface area contributed by atoms with E-state index < -0.39 is 27.9 Å². The van der Waals surface area contributed by atoms with Gasteiger partial charge in [-0.3, -0.25) is 19.2 Å². The summed E-state index contributed by atoms with van der Waals surface area (Å²) in [6, 6.07) is 18.9. The summed E-state index contributed by atoms with van der Waals surface area (Å²) in [6.07, 6.45) is 0. The molecule has 1 fully saturated rings. The molecule has 218 valence electrons. The summed E-state index contributed by atoms with van der Waals surface area (Å²) in [5.41, 5.74) is 7.93. The van der Waals surface area contributed by atoms with Crippen LogP contribution >= 0.6 is 39.1 Å². The average molecular weight is 682 g/mol. The number of primary amides is 1. The second kappa shape index (κ2) is 13.1. The van der Waals surface area contributed by atoms with Gasteiger partial charge in [-0.25, -0.2) is 8.42 Å². The number of hydrogen-bond acceptors (Lipinski definition) is 5. The minimum Gasteiger partial charge on any atom is -0.368 e. The maximum atomic E-state index is 13.1. The summed E-state index contributed by atoms with van der Waals surface area (Å²) in [7, 11) is -3.73.